The molecule has 3 rings (SSSR count). The van der Waals surface area contributed by atoms with Crippen molar-refractivity contribution < 1.29 is 0 Å². The number of nitrogens with one attached hydrogen (secondary N) is 1. The summed E-state index contributed by atoms with van der Waals surface area (Å²) in [5.41, 5.74) is 2.38. The van der Waals surface area contributed by atoms with Crippen molar-refractivity contribution in [3.8, 4) is 11.3 Å². The average molecular weight is 233 g/mol. The number of pyridine rings is 1. The second-order valence-electron chi connectivity index (χ2n) is 3.92. The summed E-state index contributed by atoms with van der Waals surface area (Å²) in [4.78, 5) is 23.1. The van der Waals surface area contributed by atoms with Gasteiger partial charge in [-0.3, -0.25) is 4.79 Å². The Bertz CT molecular complexity index is 768. The monoisotopic (exact) mass is 233 g/mol. The van der Waals surface area contributed by atoms with Gasteiger partial charge in [-0.1, -0.05) is 35.8 Å². The van der Waals surface area contributed by atoms with Crippen molar-refractivity contribution >= 4 is 24.5 Å². The molecule has 2 heterocycles. The molecule has 0 spiro atoms. The van der Waals surface area contributed by atoms with Gasteiger partial charge in [0.25, 0.3) is 5.56 Å². The molecule has 1 N–H and O–H groups in total. The SMILES string of the molecule is [B]c1cnc2nc(-c3ccccc3)c(=O)[nH]c2c1. The first-order valence-electron chi connectivity index (χ1n) is 5.45. The van der Waals surface area contributed by atoms with Crippen LogP contribution in [-0.4, -0.2) is 22.8 Å². The highest BCUT2D eigenvalue weighted by atomic mass is 16.1. The lowest BCUT2D eigenvalue weighted by Gasteiger charge is -2.02. The highest BCUT2D eigenvalue weighted by Crippen LogP contribution is 2.13. The maximum Gasteiger partial charge on any atom is 0.275 e. The number of aromatic amines is 1. The fourth-order valence-corrected chi connectivity index (χ4v) is 1.78. The summed E-state index contributed by atoms with van der Waals surface area (Å²) in [6, 6.07) is 10.9. The molecular weight excluding hydrogens is 225 g/mol. The fourth-order valence-electron chi connectivity index (χ4n) is 1.78. The quantitative estimate of drug-likeness (QED) is 0.632. The third-order valence-electron chi connectivity index (χ3n) is 2.62. The van der Waals surface area contributed by atoms with Gasteiger partial charge in [-0.15, -0.1) is 0 Å². The first kappa shape index (κ1) is 10.7. The highest BCUT2D eigenvalue weighted by molar-refractivity contribution is 6.32. The Morgan fingerprint density at radius 1 is 1.17 bits per heavy atom. The van der Waals surface area contributed by atoms with Crippen LogP contribution in [0.3, 0.4) is 0 Å². The Morgan fingerprint density at radius 3 is 2.72 bits per heavy atom. The summed E-state index contributed by atoms with van der Waals surface area (Å²) in [5.74, 6) is 0. The van der Waals surface area contributed by atoms with E-state index in [9.17, 15) is 4.79 Å². The third kappa shape index (κ3) is 1.80. The van der Waals surface area contributed by atoms with Gasteiger partial charge in [-0.2, -0.15) is 0 Å². The summed E-state index contributed by atoms with van der Waals surface area (Å²) < 4.78 is 0. The van der Waals surface area contributed by atoms with Crippen molar-refractivity contribution in [2.24, 2.45) is 0 Å². The number of benzene rings is 1. The molecule has 0 saturated carbocycles. The number of nitrogens with zero attached hydrogens (tertiary/aromatic N) is 2. The molecule has 1 aromatic carbocycles. The zero-order valence-electron chi connectivity index (χ0n) is 9.42. The zero-order valence-corrected chi connectivity index (χ0v) is 9.42. The molecule has 0 aliphatic carbocycles. The summed E-state index contributed by atoms with van der Waals surface area (Å²) >= 11 is 0. The fraction of sp³-hybridized carbons (Fsp3) is 0. The van der Waals surface area contributed by atoms with Gasteiger partial charge in [0.05, 0.1) is 5.52 Å². The lowest BCUT2D eigenvalue weighted by atomic mass is 9.99. The Balaban J connectivity index is 2.29. The highest BCUT2D eigenvalue weighted by Gasteiger charge is 2.07. The number of hydrogen-bond donors (Lipinski definition) is 1. The second-order valence-corrected chi connectivity index (χ2v) is 3.92. The van der Waals surface area contributed by atoms with Crippen LogP contribution in [0.5, 0.6) is 0 Å². The van der Waals surface area contributed by atoms with E-state index in [4.69, 9.17) is 7.85 Å². The lowest BCUT2D eigenvalue weighted by molar-refractivity contribution is 1.18. The molecule has 0 atom stereocenters. The Morgan fingerprint density at radius 2 is 1.94 bits per heavy atom. The minimum atomic E-state index is -0.249. The van der Waals surface area contributed by atoms with E-state index >= 15 is 0 Å². The first-order valence-corrected chi connectivity index (χ1v) is 5.45. The van der Waals surface area contributed by atoms with Gasteiger partial charge in [0.15, 0.2) is 5.65 Å². The number of H-pyrrole nitrogens is 1. The van der Waals surface area contributed by atoms with E-state index in [1.165, 1.54) is 6.20 Å². The van der Waals surface area contributed by atoms with Crippen molar-refractivity contribution in [2.45, 2.75) is 0 Å². The maximum atomic E-state index is 12.0. The molecule has 84 valence electrons. The lowest BCUT2D eigenvalue weighted by Crippen LogP contribution is -2.14. The molecule has 0 saturated heterocycles. The largest absolute Gasteiger partial charge is 0.317 e. The summed E-state index contributed by atoms with van der Waals surface area (Å²) in [7, 11) is 5.61. The van der Waals surface area contributed by atoms with Gasteiger partial charge in [-0.05, 0) is 6.07 Å². The summed E-state index contributed by atoms with van der Waals surface area (Å²) in [5, 5.41) is 0. The predicted octanol–water partition coefficient (Wildman–Crippen LogP) is 0.779. The van der Waals surface area contributed by atoms with Crippen LogP contribution in [0.1, 0.15) is 0 Å². The Labute approximate surface area is 104 Å². The van der Waals surface area contributed by atoms with Crippen molar-refractivity contribution in [3.05, 3.63) is 52.9 Å². The minimum Gasteiger partial charge on any atom is -0.317 e. The van der Waals surface area contributed by atoms with Crippen LogP contribution < -0.4 is 11.0 Å². The zero-order chi connectivity index (χ0) is 12.5. The Kier molecular flexibility index (Phi) is 2.44. The molecular formula is C13H8BN3O. The number of hydrogen-bond acceptors (Lipinski definition) is 3. The molecule has 0 aliphatic heterocycles. The van der Waals surface area contributed by atoms with Gasteiger partial charge in [0.2, 0.25) is 0 Å². The van der Waals surface area contributed by atoms with E-state index in [1.54, 1.807) is 6.07 Å². The minimum absolute atomic E-state index is 0.249. The molecule has 2 radical (unpaired) electrons. The van der Waals surface area contributed by atoms with Crippen LogP contribution in [0.15, 0.2) is 47.4 Å². The smallest absolute Gasteiger partial charge is 0.275 e. The van der Waals surface area contributed by atoms with Crippen LogP contribution in [0.25, 0.3) is 22.4 Å². The van der Waals surface area contributed by atoms with E-state index in [1.807, 2.05) is 30.3 Å². The van der Waals surface area contributed by atoms with Crippen LogP contribution in [0.2, 0.25) is 0 Å². The predicted molar refractivity (Wildman–Crippen MR) is 71.0 cm³/mol. The molecule has 0 bridgehead atoms. The van der Waals surface area contributed by atoms with Crippen LogP contribution >= 0.6 is 0 Å². The number of fused-ring (bicyclic) bond motifs is 1. The van der Waals surface area contributed by atoms with Gasteiger partial charge < -0.3 is 4.98 Å². The average Bonchev–Trinajstić information content (AvgIpc) is 2.39. The summed E-state index contributed by atoms with van der Waals surface area (Å²) in [6.07, 6.45) is 1.52. The van der Waals surface area contributed by atoms with Gasteiger partial charge in [0.1, 0.15) is 13.5 Å². The number of rotatable bonds is 1. The maximum absolute atomic E-state index is 12.0. The molecule has 18 heavy (non-hydrogen) atoms. The molecule has 4 nitrogen and oxygen atoms in total. The molecule has 0 fully saturated rings. The Hall–Kier alpha value is -2.43. The second kappa shape index (κ2) is 4.11. The van der Waals surface area contributed by atoms with E-state index in [2.05, 4.69) is 15.0 Å². The third-order valence-corrected chi connectivity index (χ3v) is 2.62. The van der Waals surface area contributed by atoms with E-state index in [0.29, 0.717) is 22.3 Å². The van der Waals surface area contributed by atoms with Crippen LogP contribution in [0, 0.1) is 0 Å². The molecule has 3 aromatic rings. The molecule has 0 unspecified atom stereocenters. The van der Waals surface area contributed by atoms with Crippen molar-refractivity contribution in [3.63, 3.8) is 0 Å². The van der Waals surface area contributed by atoms with Gasteiger partial charge in [-0.25, -0.2) is 9.97 Å². The first-order chi connectivity index (χ1) is 8.74. The van der Waals surface area contributed by atoms with Crippen molar-refractivity contribution in [1.82, 2.24) is 15.0 Å². The standard InChI is InChI=1S/C13H8BN3O/c14-9-6-10-12(15-7-9)17-11(13(18)16-10)8-4-2-1-3-5-8/h1-7H,(H,16,18). The van der Waals surface area contributed by atoms with Crippen molar-refractivity contribution in [2.75, 3.05) is 0 Å². The van der Waals surface area contributed by atoms with Crippen LogP contribution in [-0.2, 0) is 0 Å². The molecule has 0 amide bonds. The number of aromatic nitrogens is 3. The van der Waals surface area contributed by atoms with Crippen molar-refractivity contribution in [1.29, 1.82) is 0 Å². The van der Waals surface area contributed by atoms with E-state index in [0.717, 1.165) is 5.56 Å². The van der Waals surface area contributed by atoms with Gasteiger partial charge >= 0.3 is 0 Å². The topological polar surface area (TPSA) is 58.6 Å². The summed E-state index contributed by atoms with van der Waals surface area (Å²) in [6.45, 7) is 0. The molecule has 5 heteroatoms. The normalized spacial score (nSPS) is 10.7. The van der Waals surface area contributed by atoms with Crippen LogP contribution in [0.4, 0.5) is 0 Å². The molecule has 0 aliphatic rings. The van der Waals surface area contributed by atoms with Gasteiger partial charge in [0, 0.05) is 11.8 Å². The van der Waals surface area contributed by atoms with E-state index in [-0.39, 0.29) is 5.56 Å². The molecule has 2 aromatic heterocycles. The van der Waals surface area contributed by atoms with E-state index < -0.39 is 0 Å².